The number of carbonyl (C=O) groups excluding carboxylic acids is 2. The molecule has 0 aromatic heterocycles. The zero-order valence-electron chi connectivity index (χ0n) is 34.8. The third kappa shape index (κ3) is 40.3. The van der Waals surface area contributed by atoms with Gasteiger partial charge >= 0.3 is 19.8 Å². The summed E-state index contributed by atoms with van der Waals surface area (Å²) in [6, 6.07) is 0. The number of hydrogen-bond acceptors (Lipinski definition) is 8. The molecule has 316 valence electrons. The van der Waals surface area contributed by atoms with E-state index in [1.807, 2.05) is 6.08 Å². The molecule has 0 spiro atoms. The summed E-state index contributed by atoms with van der Waals surface area (Å²) in [6.07, 6.45) is 52.8. The van der Waals surface area contributed by atoms with Crippen molar-refractivity contribution in [1.82, 2.24) is 5.32 Å². The third-order valence-corrected chi connectivity index (χ3v) is 8.87. The van der Waals surface area contributed by atoms with E-state index < -0.39 is 32.5 Å². The molecule has 10 heteroatoms. The number of hydrogen-bond donors (Lipinski definition) is 2. The van der Waals surface area contributed by atoms with E-state index in [0.717, 1.165) is 83.5 Å². The maximum atomic E-state index is 12.6. The topological polar surface area (TPSA) is 120 Å². The van der Waals surface area contributed by atoms with Gasteiger partial charge in [0, 0.05) is 19.4 Å². The van der Waals surface area contributed by atoms with Gasteiger partial charge in [-0.3, -0.25) is 18.6 Å². The Labute approximate surface area is 340 Å². The Morgan fingerprint density at radius 2 is 0.982 bits per heavy atom. The van der Waals surface area contributed by atoms with E-state index in [1.54, 1.807) is 7.05 Å². The van der Waals surface area contributed by atoms with Crippen LogP contribution < -0.4 is 5.32 Å². The average molecular weight is 800 g/mol. The Morgan fingerprint density at radius 1 is 0.554 bits per heavy atom. The fourth-order valence-corrected chi connectivity index (χ4v) is 5.56. The Kier molecular flexibility index (Phi) is 38.9. The molecule has 0 amide bonds. The van der Waals surface area contributed by atoms with E-state index in [0.29, 0.717) is 25.8 Å². The molecule has 0 aromatic carbocycles. The van der Waals surface area contributed by atoms with Gasteiger partial charge in [-0.1, -0.05) is 136 Å². The molecule has 0 radical (unpaired) electrons. The number of likely N-dealkylation sites (N-methyl/N-ethyl adjacent to an activating group) is 1. The number of esters is 2. The zero-order valence-corrected chi connectivity index (χ0v) is 35.7. The molecule has 0 saturated carbocycles. The third-order valence-electron chi connectivity index (χ3n) is 7.89. The predicted octanol–water partition coefficient (Wildman–Crippen LogP) is 11.9. The lowest BCUT2D eigenvalue weighted by Crippen LogP contribution is -2.29. The van der Waals surface area contributed by atoms with Crippen LogP contribution in [0, 0.1) is 0 Å². The molecule has 0 heterocycles. The lowest BCUT2D eigenvalue weighted by molar-refractivity contribution is -0.161. The molecule has 0 aromatic rings. The number of phosphoric acid groups is 1. The number of allylic oxidation sites excluding steroid dienone is 18. The Morgan fingerprint density at radius 3 is 1.46 bits per heavy atom. The van der Waals surface area contributed by atoms with Crippen LogP contribution in [0.5, 0.6) is 0 Å². The normalized spacial score (nSPS) is 14.4. The van der Waals surface area contributed by atoms with Gasteiger partial charge in [0.15, 0.2) is 6.10 Å². The number of unbranched alkanes of at least 4 members (excludes halogenated alkanes) is 5. The van der Waals surface area contributed by atoms with Crippen molar-refractivity contribution in [2.75, 3.05) is 33.4 Å². The minimum Gasteiger partial charge on any atom is -0.462 e. The molecule has 0 rings (SSSR count). The minimum absolute atomic E-state index is 0.0387. The summed E-state index contributed by atoms with van der Waals surface area (Å²) < 4.78 is 33.1. The van der Waals surface area contributed by atoms with Crippen molar-refractivity contribution in [3.05, 3.63) is 109 Å². The van der Waals surface area contributed by atoms with E-state index in [1.165, 1.54) is 0 Å². The van der Waals surface area contributed by atoms with E-state index >= 15 is 0 Å². The second-order valence-electron chi connectivity index (χ2n) is 13.1. The molecule has 0 aliphatic rings. The van der Waals surface area contributed by atoms with Gasteiger partial charge in [0.1, 0.15) is 6.61 Å². The first-order valence-corrected chi connectivity index (χ1v) is 22.3. The number of phosphoric ester groups is 1. The van der Waals surface area contributed by atoms with E-state index in [9.17, 15) is 19.0 Å². The molecule has 9 nitrogen and oxygen atoms in total. The maximum absolute atomic E-state index is 12.6. The van der Waals surface area contributed by atoms with Gasteiger partial charge in [0.05, 0.1) is 13.2 Å². The lowest BCUT2D eigenvalue weighted by Gasteiger charge is -2.20. The van der Waals surface area contributed by atoms with Gasteiger partial charge in [-0.15, -0.1) is 0 Å². The van der Waals surface area contributed by atoms with Crippen LogP contribution in [0.25, 0.3) is 0 Å². The van der Waals surface area contributed by atoms with Gasteiger partial charge in [-0.05, 0) is 96.9 Å². The van der Waals surface area contributed by atoms with Crippen LogP contribution in [0.3, 0.4) is 0 Å². The molecule has 0 fully saturated rings. The Bertz CT molecular complexity index is 1280. The second-order valence-corrected chi connectivity index (χ2v) is 14.5. The summed E-state index contributed by atoms with van der Waals surface area (Å²) in [5.74, 6) is -0.917. The van der Waals surface area contributed by atoms with Gasteiger partial charge in [-0.2, -0.15) is 0 Å². The number of nitrogens with one attached hydrogen (secondary N) is 1. The molecule has 0 saturated heterocycles. The lowest BCUT2D eigenvalue weighted by atomic mass is 10.1. The van der Waals surface area contributed by atoms with Crippen molar-refractivity contribution in [2.24, 2.45) is 0 Å². The van der Waals surface area contributed by atoms with Crippen LogP contribution in [0.4, 0.5) is 0 Å². The van der Waals surface area contributed by atoms with Crippen molar-refractivity contribution in [3.63, 3.8) is 0 Å². The van der Waals surface area contributed by atoms with E-state index in [4.69, 9.17) is 18.5 Å². The first-order chi connectivity index (χ1) is 27.3. The monoisotopic (exact) mass is 800 g/mol. The van der Waals surface area contributed by atoms with Crippen molar-refractivity contribution in [2.45, 2.75) is 136 Å². The van der Waals surface area contributed by atoms with Crippen molar-refractivity contribution in [3.8, 4) is 0 Å². The van der Waals surface area contributed by atoms with Gasteiger partial charge in [-0.25, -0.2) is 4.57 Å². The number of ether oxygens (including phenoxy) is 2. The molecule has 0 aliphatic heterocycles. The summed E-state index contributed by atoms with van der Waals surface area (Å²) in [5.41, 5.74) is 0. The molecule has 2 unspecified atom stereocenters. The maximum Gasteiger partial charge on any atom is 0.472 e. The molecular weight excluding hydrogens is 725 g/mol. The Balaban J connectivity index is 4.42. The molecule has 56 heavy (non-hydrogen) atoms. The van der Waals surface area contributed by atoms with Crippen LogP contribution >= 0.6 is 7.82 Å². The summed E-state index contributed by atoms with van der Waals surface area (Å²) in [5, 5.41) is 2.81. The first-order valence-electron chi connectivity index (χ1n) is 20.8. The highest BCUT2D eigenvalue weighted by atomic mass is 31.2. The van der Waals surface area contributed by atoms with E-state index in [-0.39, 0.29) is 26.1 Å². The van der Waals surface area contributed by atoms with Crippen LogP contribution in [0.2, 0.25) is 0 Å². The fourth-order valence-electron chi connectivity index (χ4n) is 4.81. The van der Waals surface area contributed by atoms with Crippen LogP contribution in [0.1, 0.15) is 129 Å². The predicted molar refractivity (Wildman–Crippen MR) is 233 cm³/mol. The minimum atomic E-state index is -4.38. The smallest absolute Gasteiger partial charge is 0.462 e. The standard InChI is InChI=1S/C46H74NO8P/c1-4-6-8-10-12-14-16-18-20-22-24-26-28-30-32-34-36-38-45(48)52-42-44(43-54-56(50,51)53-41-40-47-3)55-46(49)39-37-35-33-31-29-27-25-23-21-19-17-15-13-11-9-7-5-2/h6-9,12-15,18-21,24-27,31,33,44,47H,4-5,10-11,16-17,22-23,28-30,32,34-43H2,1-3H3,(H,50,51)/b8-6-,9-7-,14-12-,15-13-,20-18-,21-19-,26-24-,27-25-,33-31-. The SMILES string of the molecule is CC/C=C\C/C=C\C/C=C\C/C=C\C/C=C\CCCC(=O)OC(COC(=O)CCCCCC/C=C\C/C=C\C/C=C\C/C=C\CC)COP(=O)(O)OCCNC. The van der Waals surface area contributed by atoms with Crippen LogP contribution in [-0.2, 0) is 32.7 Å². The van der Waals surface area contributed by atoms with Gasteiger partial charge in [0.25, 0.3) is 0 Å². The van der Waals surface area contributed by atoms with Gasteiger partial charge in [0.2, 0.25) is 0 Å². The summed E-state index contributed by atoms with van der Waals surface area (Å²) >= 11 is 0. The molecule has 2 N–H and O–H groups in total. The molecular formula is C46H74NO8P. The highest BCUT2D eigenvalue weighted by Crippen LogP contribution is 2.43. The first kappa shape index (κ1) is 52.7. The highest BCUT2D eigenvalue weighted by Gasteiger charge is 2.26. The summed E-state index contributed by atoms with van der Waals surface area (Å²) in [6.45, 7) is 3.86. The highest BCUT2D eigenvalue weighted by molar-refractivity contribution is 7.47. The fraction of sp³-hybridized carbons (Fsp3) is 0.565. The van der Waals surface area contributed by atoms with E-state index in [2.05, 4.69) is 122 Å². The molecule has 0 aliphatic carbocycles. The van der Waals surface area contributed by atoms with Crippen molar-refractivity contribution >= 4 is 19.8 Å². The van der Waals surface area contributed by atoms with Gasteiger partial charge < -0.3 is 19.7 Å². The van der Waals surface area contributed by atoms with Crippen LogP contribution in [-0.4, -0.2) is 56.3 Å². The molecule has 2 atom stereocenters. The Hall–Kier alpha value is -3.33. The van der Waals surface area contributed by atoms with Crippen molar-refractivity contribution < 1.29 is 37.6 Å². The van der Waals surface area contributed by atoms with Crippen LogP contribution in [0.15, 0.2) is 109 Å². The zero-order chi connectivity index (χ0) is 41.1. The quantitative estimate of drug-likeness (QED) is 0.0274. The average Bonchev–Trinajstić information content (AvgIpc) is 3.18. The van der Waals surface area contributed by atoms with Crippen molar-refractivity contribution in [1.29, 1.82) is 0 Å². The second kappa shape index (κ2) is 41.3. The largest absolute Gasteiger partial charge is 0.472 e. The number of carbonyl (C=O) groups is 2. The summed E-state index contributed by atoms with van der Waals surface area (Å²) in [4.78, 5) is 35.0. The summed E-state index contributed by atoms with van der Waals surface area (Å²) in [7, 11) is -2.69. The number of rotatable bonds is 37. The molecule has 0 bridgehead atoms.